The van der Waals surface area contributed by atoms with Gasteiger partial charge in [0.15, 0.2) is 0 Å². The molecule has 1 atom stereocenters. The first kappa shape index (κ1) is 15.6. The van der Waals surface area contributed by atoms with Crippen LogP contribution >= 0.6 is 23.1 Å². The fourth-order valence-electron chi connectivity index (χ4n) is 2.24. The van der Waals surface area contributed by atoms with Crippen LogP contribution in [-0.2, 0) is 6.42 Å². The van der Waals surface area contributed by atoms with Gasteiger partial charge in [-0.05, 0) is 35.5 Å². The summed E-state index contributed by atoms with van der Waals surface area (Å²) in [6.45, 7) is 5.41. The van der Waals surface area contributed by atoms with Crippen LogP contribution in [-0.4, -0.2) is 12.3 Å². The molecule has 0 aliphatic heterocycles. The van der Waals surface area contributed by atoms with Crippen LogP contribution in [0.4, 0.5) is 0 Å². The van der Waals surface area contributed by atoms with Crippen LogP contribution in [0.3, 0.4) is 0 Å². The van der Waals surface area contributed by atoms with Crippen molar-refractivity contribution in [2.24, 2.45) is 0 Å². The van der Waals surface area contributed by atoms with Gasteiger partial charge in [0.1, 0.15) is 0 Å². The molecule has 0 amide bonds. The van der Waals surface area contributed by atoms with Crippen molar-refractivity contribution in [2.45, 2.75) is 36.9 Å². The molecular formula is C17H23NS2. The van der Waals surface area contributed by atoms with Gasteiger partial charge in [-0.3, -0.25) is 0 Å². The van der Waals surface area contributed by atoms with E-state index in [1.165, 1.54) is 28.2 Å². The highest BCUT2D eigenvalue weighted by Gasteiger charge is 2.11. The van der Waals surface area contributed by atoms with Gasteiger partial charge in [0.05, 0.1) is 4.21 Å². The molecule has 2 aromatic rings. The summed E-state index contributed by atoms with van der Waals surface area (Å²) in [6.07, 6.45) is 2.39. The molecule has 1 aromatic heterocycles. The molecule has 1 aromatic carbocycles. The number of benzene rings is 1. The fourth-order valence-corrected chi connectivity index (χ4v) is 4.14. The Morgan fingerprint density at radius 2 is 1.95 bits per heavy atom. The topological polar surface area (TPSA) is 12.0 Å². The third-order valence-electron chi connectivity index (χ3n) is 3.26. The minimum atomic E-state index is 0.433. The molecule has 0 aliphatic carbocycles. The lowest BCUT2D eigenvalue weighted by Crippen LogP contribution is -2.22. The summed E-state index contributed by atoms with van der Waals surface area (Å²) in [5.74, 6) is 1.08. The molecule has 0 spiro atoms. The third-order valence-corrected chi connectivity index (χ3v) is 5.48. The number of aryl methyl sites for hydroxylation is 1. The molecule has 1 N–H and O–H groups in total. The van der Waals surface area contributed by atoms with Crippen LogP contribution < -0.4 is 5.32 Å². The van der Waals surface area contributed by atoms with Crippen molar-refractivity contribution in [2.75, 3.05) is 12.3 Å². The van der Waals surface area contributed by atoms with Crippen molar-refractivity contribution in [3.63, 3.8) is 0 Å². The van der Waals surface area contributed by atoms with Gasteiger partial charge in [-0.15, -0.1) is 23.1 Å². The normalized spacial score (nSPS) is 12.5. The van der Waals surface area contributed by atoms with E-state index in [2.05, 4.69) is 60.9 Å². The number of thioether (sulfide) groups is 1. The highest BCUT2D eigenvalue weighted by atomic mass is 32.2. The van der Waals surface area contributed by atoms with Crippen LogP contribution in [0.5, 0.6) is 0 Å². The Morgan fingerprint density at radius 1 is 1.15 bits per heavy atom. The number of thiophene rings is 1. The monoisotopic (exact) mass is 305 g/mol. The highest BCUT2D eigenvalue weighted by Crippen LogP contribution is 2.28. The molecule has 1 nitrogen and oxygen atoms in total. The van der Waals surface area contributed by atoms with E-state index in [4.69, 9.17) is 0 Å². The number of hydrogen-bond acceptors (Lipinski definition) is 3. The number of hydrogen-bond donors (Lipinski definition) is 1. The van der Waals surface area contributed by atoms with Crippen molar-refractivity contribution in [3.8, 4) is 0 Å². The first-order chi connectivity index (χ1) is 9.83. The summed E-state index contributed by atoms with van der Waals surface area (Å²) in [6, 6.07) is 13.9. The van der Waals surface area contributed by atoms with Gasteiger partial charge in [-0.25, -0.2) is 0 Å². The molecule has 0 bridgehead atoms. The molecule has 0 saturated carbocycles. The van der Waals surface area contributed by atoms with E-state index in [1.54, 1.807) is 0 Å². The summed E-state index contributed by atoms with van der Waals surface area (Å²) in [5, 5.41) is 5.74. The number of rotatable bonds is 8. The second-order valence-corrected chi connectivity index (χ2v) is 7.11. The van der Waals surface area contributed by atoms with Gasteiger partial charge >= 0.3 is 0 Å². The van der Waals surface area contributed by atoms with Gasteiger partial charge in [0, 0.05) is 11.8 Å². The van der Waals surface area contributed by atoms with Crippen LogP contribution in [0.25, 0.3) is 0 Å². The van der Waals surface area contributed by atoms with Gasteiger partial charge in [0.25, 0.3) is 0 Å². The Kier molecular flexibility index (Phi) is 6.64. The minimum absolute atomic E-state index is 0.433. The SMILES string of the molecule is CCCc1ccc(C(CSc2cccs2)NCC)cc1. The van der Waals surface area contributed by atoms with Crippen molar-refractivity contribution in [1.82, 2.24) is 5.32 Å². The molecule has 2 rings (SSSR count). The highest BCUT2D eigenvalue weighted by molar-refractivity contribution is 8.01. The van der Waals surface area contributed by atoms with Gasteiger partial charge < -0.3 is 5.32 Å². The maximum Gasteiger partial charge on any atom is 0.0599 e. The van der Waals surface area contributed by atoms with E-state index >= 15 is 0 Å². The smallest absolute Gasteiger partial charge is 0.0599 e. The van der Waals surface area contributed by atoms with Gasteiger partial charge in [-0.1, -0.05) is 50.6 Å². The number of nitrogens with one attached hydrogen (secondary N) is 1. The van der Waals surface area contributed by atoms with Crippen LogP contribution in [0.2, 0.25) is 0 Å². The second-order valence-electron chi connectivity index (χ2n) is 4.84. The quantitative estimate of drug-likeness (QED) is 0.677. The first-order valence-corrected chi connectivity index (χ1v) is 9.18. The summed E-state index contributed by atoms with van der Waals surface area (Å²) in [7, 11) is 0. The molecule has 0 saturated heterocycles. The van der Waals surface area contributed by atoms with E-state index in [1.807, 2.05) is 23.1 Å². The summed E-state index contributed by atoms with van der Waals surface area (Å²) < 4.78 is 1.40. The Hall–Kier alpha value is -0.770. The molecule has 1 unspecified atom stereocenters. The zero-order valence-corrected chi connectivity index (χ0v) is 13.9. The van der Waals surface area contributed by atoms with E-state index in [9.17, 15) is 0 Å². The largest absolute Gasteiger partial charge is 0.309 e. The zero-order chi connectivity index (χ0) is 14.2. The molecule has 20 heavy (non-hydrogen) atoms. The Balaban J connectivity index is 1.99. The first-order valence-electron chi connectivity index (χ1n) is 7.32. The predicted octanol–water partition coefficient (Wildman–Crippen LogP) is 5.14. The van der Waals surface area contributed by atoms with Gasteiger partial charge in [0.2, 0.25) is 0 Å². The average molecular weight is 306 g/mol. The lowest BCUT2D eigenvalue weighted by molar-refractivity contribution is 0.606. The van der Waals surface area contributed by atoms with Crippen molar-refractivity contribution in [3.05, 3.63) is 52.9 Å². The van der Waals surface area contributed by atoms with Crippen molar-refractivity contribution >= 4 is 23.1 Å². The fraction of sp³-hybridized carbons (Fsp3) is 0.412. The maximum absolute atomic E-state index is 3.60. The lowest BCUT2D eigenvalue weighted by atomic mass is 10.0. The summed E-state index contributed by atoms with van der Waals surface area (Å²) >= 11 is 3.76. The Bertz CT molecular complexity index is 476. The van der Waals surface area contributed by atoms with Crippen LogP contribution in [0.1, 0.15) is 37.4 Å². The van der Waals surface area contributed by atoms with Crippen LogP contribution in [0, 0.1) is 0 Å². The molecule has 1 heterocycles. The molecule has 3 heteroatoms. The van der Waals surface area contributed by atoms with E-state index in [-0.39, 0.29) is 0 Å². The molecule has 0 aliphatic rings. The summed E-state index contributed by atoms with van der Waals surface area (Å²) in [4.78, 5) is 0. The zero-order valence-electron chi connectivity index (χ0n) is 12.3. The van der Waals surface area contributed by atoms with Crippen molar-refractivity contribution in [1.29, 1.82) is 0 Å². The lowest BCUT2D eigenvalue weighted by Gasteiger charge is -2.18. The average Bonchev–Trinajstić information content (AvgIpc) is 2.98. The molecular weight excluding hydrogens is 282 g/mol. The Labute approximate surface area is 130 Å². The summed E-state index contributed by atoms with van der Waals surface area (Å²) in [5.41, 5.74) is 2.84. The predicted molar refractivity (Wildman–Crippen MR) is 91.9 cm³/mol. The van der Waals surface area contributed by atoms with Crippen LogP contribution in [0.15, 0.2) is 46.0 Å². The molecule has 0 radical (unpaired) electrons. The molecule has 0 fully saturated rings. The van der Waals surface area contributed by atoms with E-state index in [0.29, 0.717) is 6.04 Å². The van der Waals surface area contributed by atoms with Gasteiger partial charge in [-0.2, -0.15) is 0 Å². The van der Waals surface area contributed by atoms with E-state index < -0.39 is 0 Å². The third kappa shape index (κ3) is 4.65. The standard InChI is InChI=1S/C17H23NS2/c1-3-6-14-8-10-15(11-9-14)16(18-4-2)13-20-17-7-5-12-19-17/h5,7-12,16,18H,3-4,6,13H2,1-2H3. The van der Waals surface area contributed by atoms with Crippen molar-refractivity contribution < 1.29 is 0 Å². The minimum Gasteiger partial charge on any atom is -0.309 e. The Morgan fingerprint density at radius 3 is 2.55 bits per heavy atom. The molecule has 108 valence electrons. The maximum atomic E-state index is 3.60. The second kappa shape index (κ2) is 8.50. The van der Waals surface area contributed by atoms with E-state index in [0.717, 1.165) is 12.3 Å².